The summed E-state index contributed by atoms with van der Waals surface area (Å²) in [5.74, 6) is 0. The SMILES string of the molecule is CCN(C(=O)N1CCc2ccccc21)[C@H]1CCCNCC1. The number of urea groups is 1. The van der Waals surface area contributed by atoms with Crippen LogP contribution < -0.4 is 10.2 Å². The van der Waals surface area contributed by atoms with Crippen molar-refractivity contribution in [3.05, 3.63) is 29.8 Å². The molecule has 0 unspecified atom stereocenters. The molecule has 1 saturated heterocycles. The van der Waals surface area contributed by atoms with Gasteiger partial charge in [0.05, 0.1) is 0 Å². The molecule has 1 fully saturated rings. The third-order valence-corrected chi connectivity index (χ3v) is 4.69. The van der Waals surface area contributed by atoms with Gasteiger partial charge in [-0.05, 0) is 57.3 Å². The summed E-state index contributed by atoms with van der Waals surface area (Å²) in [6, 6.07) is 8.86. The van der Waals surface area contributed by atoms with Crippen LogP contribution in [0.25, 0.3) is 0 Å². The van der Waals surface area contributed by atoms with Crippen LogP contribution in [0.15, 0.2) is 24.3 Å². The molecule has 1 atom stereocenters. The maximum atomic E-state index is 13.0. The van der Waals surface area contributed by atoms with Gasteiger partial charge in [0.25, 0.3) is 0 Å². The zero-order valence-electron chi connectivity index (χ0n) is 12.8. The van der Waals surface area contributed by atoms with Crippen LogP contribution in [-0.2, 0) is 6.42 Å². The van der Waals surface area contributed by atoms with Crippen molar-refractivity contribution in [3.8, 4) is 0 Å². The van der Waals surface area contributed by atoms with E-state index in [-0.39, 0.29) is 6.03 Å². The van der Waals surface area contributed by atoms with Crippen LogP contribution in [0.4, 0.5) is 10.5 Å². The molecule has 1 aromatic carbocycles. The molecule has 3 rings (SSSR count). The minimum absolute atomic E-state index is 0.189. The van der Waals surface area contributed by atoms with E-state index in [1.165, 1.54) is 5.56 Å². The highest BCUT2D eigenvalue weighted by Gasteiger charge is 2.31. The van der Waals surface area contributed by atoms with Gasteiger partial charge < -0.3 is 10.2 Å². The average Bonchev–Trinajstić information content (AvgIpc) is 2.76. The summed E-state index contributed by atoms with van der Waals surface area (Å²) in [6.07, 6.45) is 4.31. The Balaban J connectivity index is 1.76. The summed E-state index contributed by atoms with van der Waals surface area (Å²) < 4.78 is 0. The Hall–Kier alpha value is -1.55. The Bertz CT molecular complexity index is 495. The Kier molecular flexibility index (Phi) is 4.44. The van der Waals surface area contributed by atoms with Crippen molar-refractivity contribution < 1.29 is 4.79 Å². The lowest BCUT2D eigenvalue weighted by Gasteiger charge is -2.33. The van der Waals surface area contributed by atoms with Gasteiger partial charge in [-0.2, -0.15) is 0 Å². The van der Waals surface area contributed by atoms with Crippen molar-refractivity contribution in [2.75, 3.05) is 31.1 Å². The predicted molar refractivity (Wildman–Crippen MR) is 85.8 cm³/mol. The molecule has 0 bridgehead atoms. The largest absolute Gasteiger partial charge is 0.324 e. The van der Waals surface area contributed by atoms with Crippen molar-refractivity contribution >= 4 is 11.7 Å². The lowest BCUT2D eigenvalue weighted by molar-refractivity contribution is 0.179. The monoisotopic (exact) mass is 287 g/mol. The van der Waals surface area contributed by atoms with Gasteiger partial charge in [0.1, 0.15) is 0 Å². The maximum Gasteiger partial charge on any atom is 0.324 e. The number of nitrogens with one attached hydrogen (secondary N) is 1. The van der Waals surface area contributed by atoms with E-state index in [9.17, 15) is 4.79 Å². The number of fused-ring (bicyclic) bond motifs is 1. The molecule has 0 aliphatic carbocycles. The van der Waals surface area contributed by atoms with E-state index >= 15 is 0 Å². The molecule has 21 heavy (non-hydrogen) atoms. The third kappa shape index (κ3) is 2.91. The lowest BCUT2D eigenvalue weighted by Crippen LogP contribution is -2.48. The second-order valence-corrected chi connectivity index (χ2v) is 5.93. The minimum atomic E-state index is 0.189. The van der Waals surface area contributed by atoms with Gasteiger partial charge in [-0.3, -0.25) is 4.90 Å². The second kappa shape index (κ2) is 6.48. The van der Waals surface area contributed by atoms with Crippen molar-refractivity contribution in [2.24, 2.45) is 0 Å². The first kappa shape index (κ1) is 14.4. The van der Waals surface area contributed by atoms with Crippen LogP contribution in [-0.4, -0.2) is 43.2 Å². The fraction of sp³-hybridized carbons (Fsp3) is 0.588. The molecule has 0 radical (unpaired) electrons. The van der Waals surface area contributed by atoms with E-state index in [1.807, 2.05) is 11.0 Å². The zero-order valence-corrected chi connectivity index (χ0v) is 12.8. The number of para-hydroxylation sites is 1. The summed E-state index contributed by atoms with van der Waals surface area (Å²) in [5.41, 5.74) is 2.40. The molecule has 1 N–H and O–H groups in total. The van der Waals surface area contributed by atoms with Crippen molar-refractivity contribution in [2.45, 2.75) is 38.6 Å². The normalized spacial score (nSPS) is 21.8. The lowest BCUT2D eigenvalue weighted by atomic mass is 10.1. The van der Waals surface area contributed by atoms with Crippen LogP contribution >= 0.6 is 0 Å². The number of hydrogen-bond acceptors (Lipinski definition) is 2. The summed E-state index contributed by atoms with van der Waals surface area (Å²) in [4.78, 5) is 17.0. The molecule has 4 nitrogen and oxygen atoms in total. The molecule has 0 aromatic heterocycles. The molecule has 2 heterocycles. The van der Waals surface area contributed by atoms with Gasteiger partial charge in [0.2, 0.25) is 0 Å². The first-order valence-electron chi connectivity index (χ1n) is 8.18. The second-order valence-electron chi connectivity index (χ2n) is 5.93. The smallest absolute Gasteiger partial charge is 0.322 e. The molecule has 0 saturated carbocycles. The Labute approximate surface area is 127 Å². The van der Waals surface area contributed by atoms with Crippen LogP contribution in [0.2, 0.25) is 0 Å². The summed E-state index contributed by atoms with van der Waals surface area (Å²) in [6.45, 7) is 5.81. The van der Waals surface area contributed by atoms with E-state index < -0.39 is 0 Å². The van der Waals surface area contributed by atoms with Crippen molar-refractivity contribution in [1.82, 2.24) is 10.2 Å². The topological polar surface area (TPSA) is 35.6 Å². The van der Waals surface area contributed by atoms with Crippen LogP contribution in [0, 0.1) is 0 Å². The van der Waals surface area contributed by atoms with Gasteiger partial charge in [0.15, 0.2) is 0 Å². The molecular formula is C17H25N3O. The van der Waals surface area contributed by atoms with Gasteiger partial charge in [0, 0.05) is 24.8 Å². The molecule has 2 aliphatic rings. The van der Waals surface area contributed by atoms with E-state index in [2.05, 4.69) is 35.3 Å². The number of nitrogens with zero attached hydrogens (tertiary/aromatic N) is 2. The predicted octanol–water partition coefficient (Wildman–Crippen LogP) is 2.63. The van der Waals surface area contributed by atoms with E-state index in [4.69, 9.17) is 0 Å². The standard InChI is InChI=1S/C17H25N3O/c1-2-19(15-7-5-11-18-12-9-15)17(21)20-13-10-14-6-3-4-8-16(14)20/h3-4,6,8,15,18H,2,5,7,9-13H2,1H3/t15-/m0/s1. The number of carbonyl (C=O) groups is 1. The van der Waals surface area contributed by atoms with Crippen LogP contribution in [0.1, 0.15) is 31.7 Å². The zero-order chi connectivity index (χ0) is 14.7. The number of amides is 2. The Morgan fingerprint density at radius 1 is 1.33 bits per heavy atom. The first-order valence-corrected chi connectivity index (χ1v) is 8.18. The van der Waals surface area contributed by atoms with Crippen LogP contribution in [0.5, 0.6) is 0 Å². The van der Waals surface area contributed by atoms with Crippen molar-refractivity contribution in [1.29, 1.82) is 0 Å². The van der Waals surface area contributed by atoms with Gasteiger partial charge in [-0.1, -0.05) is 18.2 Å². The van der Waals surface area contributed by atoms with E-state index in [0.29, 0.717) is 6.04 Å². The number of hydrogen-bond donors (Lipinski definition) is 1. The fourth-order valence-electron chi connectivity index (χ4n) is 3.55. The Morgan fingerprint density at radius 3 is 3.05 bits per heavy atom. The molecule has 2 aliphatic heterocycles. The van der Waals surface area contributed by atoms with E-state index in [1.54, 1.807) is 0 Å². The highest BCUT2D eigenvalue weighted by Crippen LogP contribution is 2.29. The fourth-order valence-corrected chi connectivity index (χ4v) is 3.55. The third-order valence-electron chi connectivity index (χ3n) is 4.69. The molecule has 114 valence electrons. The molecule has 4 heteroatoms. The minimum Gasteiger partial charge on any atom is -0.322 e. The number of carbonyl (C=O) groups excluding carboxylic acids is 1. The highest BCUT2D eigenvalue weighted by atomic mass is 16.2. The summed E-state index contributed by atoms with van der Waals surface area (Å²) >= 11 is 0. The molecule has 0 spiro atoms. The Morgan fingerprint density at radius 2 is 2.19 bits per heavy atom. The number of rotatable bonds is 2. The molecule has 2 amide bonds. The molecule has 1 aromatic rings. The van der Waals surface area contributed by atoms with Gasteiger partial charge in [-0.25, -0.2) is 4.79 Å². The first-order chi connectivity index (χ1) is 10.3. The van der Waals surface area contributed by atoms with Gasteiger partial charge in [-0.15, -0.1) is 0 Å². The molecular weight excluding hydrogens is 262 g/mol. The highest BCUT2D eigenvalue weighted by molar-refractivity contribution is 5.94. The quantitative estimate of drug-likeness (QED) is 0.907. The number of anilines is 1. The van der Waals surface area contributed by atoms with E-state index in [0.717, 1.165) is 57.5 Å². The van der Waals surface area contributed by atoms with Crippen LogP contribution in [0.3, 0.4) is 0 Å². The van der Waals surface area contributed by atoms with Gasteiger partial charge >= 0.3 is 6.03 Å². The average molecular weight is 287 g/mol. The summed E-state index contributed by atoms with van der Waals surface area (Å²) in [5, 5.41) is 3.43. The van der Waals surface area contributed by atoms with Crippen molar-refractivity contribution in [3.63, 3.8) is 0 Å². The maximum absolute atomic E-state index is 13.0. The number of benzene rings is 1. The summed E-state index contributed by atoms with van der Waals surface area (Å²) in [7, 11) is 0.